The number of aromatic nitrogens is 2. The molecule has 0 spiro atoms. The van der Waals surface area contributed by atoms with Gasteiger partial charge in [-0.1, -0.05) is 13.8 Å². The average molecular weight is 238 g/mol. The van der Waals surface area contributed by atoms with Gasteiger partial charge < -0.3 is 10.6 Å². The first-order valence-electron chi connectivity index (χ1n) is 6.03. The van der Waals surface area contributed by atoms with Gasteiger partial charge in [0.1, 0.15) is 11.9 Å². The van der Waals surface area contributed by atoms with Gasteiger partial charge >= 0.3 is 0 Å². The van der Waals surface area contributed by atoms with Crippen molar-refractivity contribution in [2.75, 3.05) is 11.9 Å². The van der Waals surface area contributed by atoms with Crippen LogP contribution in [0, 0.1) is 5.92 Å². The maximum Gasteiger partial charge on any atom is 0.242 e. The summed E-state index contributed by atoms with van der Waals surface area (Å²) in [4.78, 5) is 11.7. The summed E-state index contributed by atoms with van der Waals surface area (Å²) in [5, 5.41) is 10.1. The molecule has 0 fully saturated rings. The van der Waals surface area contributed by atoms with Crippen LogP contribution in [0.15, 0.2) is 12.3 Å². The molecule has 0 radical (unpaired) electrons. The molecule has 1 heterocycles. The first-order valence-corrected chi connectivity index (χ1v) is 6.03. The Morgan fingerprint density at radius 3 is 2.71 bits per heavy atom. The average Bonchev–Trinajstić information content (AvgIpc) is 2.63. The monoisotopic (exact) mass is 238 g/mol. The number of hydrogen-bond acceptors (Lipinski definition) is 3. The van der Waals surface area contributed by atoms with Crippen molar-refractivity contribution in [3.8, 4) is 0 Å². The third-order valence-corrected chi connectivity index (χ3v) is 2.49. The van der Waals surface area contributed by atoms with E-state index >= 15 is 0 Å². The van der Waals surface area contributed by atoms with Crippen LogP contribution < -0.4 is 10.6 Å². The molecule has 0 saturated carbocycles. The lowest BCUT2D eigenvalue weighted by Crippen LogP contribution is -2.38. The number of amides is 1. The lowest BCUT2D eigenvalue weighted by Gasteiger charge is -2.14. The molecule has 0 aliphatic heterocycles. The molecule has 0 aromatic carbocycles. The first kappa shape index (κ1) is 13.5. The minimum absolute atomic E-state index is 0.0105. The van der Waals surface area contributed by atoms with E-state index in [0.29, 0.717) is 5.92 Å². The Labute approximate surface area is 103 Å². The van der Waals surface area contributed by atoms with Crippen LogP contribution in [0.5, 0.6) is 0 Å². The highest BCUT2D eigenvalue weighted by atomic mass is 16.2. The number of carbonyl (C=O) groups is 1. The summed E-state index contributed by atoms with van der Waals surface area (Å²) in [5.74, 6) is 1.34. The molecule has 0 aliphatic rings. The molecule has 1 unspecified atom stereocenters. The summed E-state index contributed by atoms with van der Waals surface area (Å²) in [6.45, 7) is 6.84. The molecule has 17 heavy (non-hydrogen) atoms. The number of carbonyl (C=O) groups excluding carboxylic acids is 1. The van der Waals surface area contributed by atoms with Crippen LogP contribution >= 0.6 is 0 Å². The molecular weight excluding hydrogens is 216 g/mol. The van der Waals surface area contributed by atoms with Crippen molar-refractivity contribution in [1.82, 2.24) is 15.1 Å². The van der Waals surface area contributed by atoms with Gasteiger partial charge in [-0.2, -0.15) is 5.10 Å². The van der Waals surface area contributed by atoms with E-state index in [9.17, 15) is 4.79 Å². The minimum atomic E-state index is -0.267. The fourth-order valence-electron chi connectivity index (χ4n) is 1.42. The number of rotatable bonds is 6. The molecule has 2 N–H and O–H groups in total. The van der Waals surface area contributed by atoms with E-state index in [1.807, 2.05) is 26.2 Å². The second kappa shape index (κ2) is 6.27. The van der Waals surface area contributed by atoms with Gasteiger partial charge in [-0.25, -0.2) is 0 Å². The maximum absolute atomic E-state index is 11.7. The fraction of sp³-hybridized carbons (Fsp3) is 0.667. The Hall–Kier alpha value is -1.52. The molecule has 1 amide bonds. The number of aryl methyl sites for hydroxylation is 1. The van der Waals surface area contributed by atoms with Crippen LogP contribution in [-0.2, 0) is 11.8 Å². The van der Waals surface area contributed by atoms with Gasteiger partial charge in [0.05, 0.1) is 0 Å². The second-order valence-corrected chi connectivity index (χ2v) is 4.71. The highest BCUT2D eigenvalue weighted by molar-refractivity contribution is 5.83. The van der Waals surface area contributed by atoms with E-state index in [0.717, 1.165) is 18.8 Å². The van der Waals surface area contributed by atoms with Crippen molar-refractivity contribution < 1.29 is 4.79 Å². The smallest absolute Gasteiger partial charge is 0.242 e. The molecule has 1 rings (SSSR count). The second-order valence-electron chi connectivity index (χ2n) is 4.71. The molecule has 0 bridgehead atoms. The van der Waals surface area contributed by atoms with Crippen molar-refractivity contribution in [1.29, 1.82) is 0 Å². The third kappa shape index (κ3) is 4.89. The predicted molar refractivity (Wildman–Crippen MR) is 68.8 cm³/mol. The van der Waals surface area contributed by atoms with Gasteiger partial charge in [0.25, 0.3) is 0 Å². The number of nitrogens with one attached hydrogen (secondary N) is 2. The summed E-state index contributed by atoms with van der Waals surface area (Å²) >= 11 is 0. The Morgan fingerprint density at radius 1 is 1.47 bits per heavy atom. The van der Waals surface area contributed by atoms with E-state index in [1.54, 1.807) is 4.68 Å². The van der Waals surface area contributed by atoms with E-state index in [2.05, 4.69) is 29.6 Å². The van der Waals surface area contributed by atoms with Crippen molar-refractivity contribution in [3.63, 3.8) is 0 Å². The van der Waals surface area contributed by atoms with Crippen LogP contribution in [0.4, 0.5) is 5.82 Å². The molecule has 1 aromatic rings. The summed E-state index contributed by atoms with van der Waals surface area (Å²) < 4.78 is 1.70. The summed E-state index contributed by atoms with van der Waals surface area (Å²) in [5.41, 5.74) is 0. The van der Waals surface area contributed by atoms with Crippen LogP contribution in [0.1, 0.15) is 27.2 Å². The molecule has 0 saturated heterocycles. The first-order chi connectivity index (χ1) is 7.99. The normalized spacial score (nSPS) is 12.5. The van der Waals surface area contributed by atoms with E-state index < -0.39 is 0 Å². The van der Waals surface area contributed by atoms with Crippen molar-refractivity contribution in [2.24, 2.45) is 13.0 Å². The van der Waals surface area contributed by atoms with Gasteiger partial charge in [-0.05, 0) is 19.3 Å². The summed E-state index contributed by atoms with van der Waals surface area (Å²) in [6.07, 6.45) is 2.84. The highest BCUT2D eigenvalue weighted by Crippen LogP contribution is 2.03. The van der Waals surface area contributed by atoms with Crippen LogP contribution in [0.25, 0.3) is 0 Å². The van der Waals surface area contributed by atoms with Crippen molar-refractivity contribution in [2.45, 2.75) is 33.2 Å². The molecule has 96 valence electrons. The number of anilines is 1. The Morgan fingerprint density at radius 2 is 2.18 bits per heavy atom. The SMILES string of the molecule is CC(C)CCNC(=O)C(C)Nc1ccn(C)n1. The largest absolute Gasteiger partial charge is 0.357 e. The Kier molecular flexibility index (Phi) is 5.00. The van der Waals surface area contributed by atoms with Crippen LogP contribution in [-0.4, -0.2) is 28.3 Å². The van der Waals surface area contributed by atoms with Gasteiger partial charge in [-0.3, -0.25) is 9.48 Å². The number of nitrogens with zero attached hydrogens (tertiary/aromatic N) is 2. The van der Waals surface area contributed by atoms with Crippen molar-refractivity contribution >= 4 is 11.7 Å². The molecule has 5 nitrogen and oxygen atoms in total. The zero-order valence-electron chi connectivity index (χ0n) is 11.0. The molecular formula is C12H22N4O. The van der Waals surface area contributed by atoms with E-state index in [1.165, 1.54) is 0 Å². The maximum atomic E-state index is 11.7. The molecule has 5 heteroatoms. The van der Waals surface area contributed by atoms with Gasteiger partial charge in [-0.15, -0.1) is 0 Å². The quantitative estimate of drug-likeness (QED) is 0.787. The predicted octanol–water partition coefficient (Wildman–Crippen LogP) is 1.38. The lowest BCUT2D eigenvalue weighted by molar-refractivity contribution is -0.121. The molecule has 0 aliphatic carbocycles. The van der Waals surface area contributed by atoms with Gasteiger partial charge in [0, 0.05) is 25.9 Å². The lowest BCUT2D eigenvalue weighted by atomic mass is 10.1. The molecule has 1 atom stereocenters. The number of hydrogen-bond donors (Lipinski definition) is 2. The fourth-order valence-corrected chi connectivity index (χ4v) is 1.42. The van der Waals surface area contributed by atoms with Gasteiger partial charge in [0.15, 0.2) is 0 Å². The molecule has 1 aromatic heterocycles. The zero-order chi connectivity index (χ0) is 12.8. The summed E-state index contributed by atoms with van der Waals surface area (Å²) in [6, 6.07) is 1.58. The van der Waals surface area contributed by atoms with Crippen LogP contribution in [0.2, 0.25) is 0 Å². The van der Waals surface area contributed by atoms with E-state index in [4.69, 9.17) is 0 Å². The van der Waals surface area contributed by atoms with E-state index in [-0.39, 0.29) is 11.9 Å². The minimum Gasteiger partial charge on any atom is -0.357 e. The highest BCUT2D eigenvalue weighted by Gasteiger charge is 2.12. The Bertz CT molecular complexity index is 359. The van der Waals surface area contributed by atoms with Crippen molar-refractivity contribution in [3.05, 3.63) is 12.3 Å². The third-order valence-electron chi connectivity index (χ3n) is 2.49. The Balaban J connectivity index is 2.31. The van der Waals surface area contributed by atoms with Gasteiger partial charge in [0.2, 0.25) is 5.91 Å². The standard InChI is InChI=1S/C12H22N4O/c1-9(2)5-7-13-12(17)10(3)14-11-6-8-16(4)15-11/h6,8-10H,5,7H2,1-4H3,(H,13,17)(H,14,15). The zero-order valence-corrected chi connectivity index (χ0v) is 11.0. The van der Waals surface area contributed by atoms with Crippen LogP contribution in [0.3, 0.4) is 0 Å². The summed E-state index contributed by atoms with van der Waals surface area (Å²) in [7, 11) is 1.85. The topological polar surface area (TPSA) is 59.0 Å².